The summed E-state index contributed by atoms with van der Waals surface area (Å²) in [5.41, 5.74) is 1.06. The molecule has 1 saturated heterocycles. The first-order valence-electron chi connectivity index (χ1n) is 7.46. The number of hydrogen-bond acceptors (Lipinski definition) is 3. The second-order valence-electron chi connectivity index (χ2n) is 6.07. The number of nitrogens with zero attached hydrogens (tertiary/aromatic N) is 3. The smallest absolute Gasteiger partial charge is 0.233 e. The normalized spacial score (nSPS) is 22.7. The van der Waals surface area contributed by atoms with E-state index in [2.05, 4.69) is 18.8 Å². The van der Waals surface area contributed by atoms with E-state index in [1.54, 1.807) is 0 Å². The molecule has 3 heterocycles. The molecule has 21 heavy (non-hydrogen) atoms. The Bertz CT molecular complexity index is 629. The van der Waals surface area contributed by atoms with E-state index in [9.17, 15) is 4.79 Å². The van der Waals surface area contributed by atoms with E-state index in [-0.39, 0.29) is 5.91 Å². The summed E-state index contributed by atoms with van der Waals surface area (Å²) in [6.07, 6.45) is 5.06. The van der Waals surface area contributed by atoms with Crippen molar-refractivity contribution < 1.29 is 4.79 Å². The van der Waals surface area contributed by atoms with Crippen LogP contribution in [0.3, 0.4) is 0 Å². The fourth-order valence-electron chi connectivity index (χ4n) is 3.11. The van der Waals surface area contributed by atoms with Crippen LogP contribution in [0, 0.1) is 11.8 Å². The van der Waals surface area contributed by atoms with Crippen LogP contribution in [-0.2, 0) is 4.79 Å². The van der Waals surface area contributed by atoms with Gasteiger partial charge in [0.05, 0.1) is 17.5 Å². The molecule has 5 heteroatoms. The van der Waals surface area contributed by atoms with E-state index in [0.29, 0.717) is 17.6 Å². The van der Waals surface area contributed by atoms with Gasteiger partial charge >= 0.3 is 0 Å². The van der Waals surface area contributed by atoms with Crippen LogP contribution in [-0.4, -0.2) is 39.0 Å². The fraction of sp³-hybridized carbons (Fsp3) is 0.500. The summed E-state index contributed by atoms with van der Waals surface area (Å²) in [4.78, 5) is 18.8. The molecule has 2 atom stereocenters. The number of thioether (sulfide) groups is 1. The zero-order valence-corrected chi connectivity index (χ0v) is 13.3. The molecule has 0 radical (unpaired) electrons. The molecule has 3 rings (SSSR count). The van der Waals surface area contributed by atoms with E-state index in [1.165, 1.54) is 18.2 Å². The number of fused-ring (bicyclic) bond motifs is 1. The zero-order chi connectivity index (χ0) is 14.8. The van der Waals surface area contributed by atoms with Crippen molar-refractivity contribution in [3.8, 4) is 0 Å². The van der Waals surface area contributed by atoms with Crippen LogP contribution in [0.2, 0.25) is 0 Å². The maximum absolute atomic E-state index is 12.4. The third-order valence-corrected chi connectivity index (χ3v) is 4.90. The first-order valence-corrected chi connectivity index (χ1v) is 8.44. The van der Waals surface area contributed by atoms with Crippen molar-refractivity contribution in [1.29, 1.82) is 0 Å². The SMILES string of the molecule is C[C@H]1C[C@H](C)CN(C(=O)CSc2ncc3ccccn23)C1. The van der Waals surface area contributed by atoms with E-state index >= 15 is 0 Å². The molecule has 0 unspecified atom stereocenters. The van der Waals surface area contributed by atoms with Crippen molar-refractivity contribution in [2.45, 2.75) is 25.4 Å². The Kier molecular flexibility index (Phi) is 4.19. The predicted octanol–water partition coefficient (Wildman–Crippen LogP) is 2.93. The highest BCUT2D eigenvalue weighted by atomic mass is 32.2. The molecule has 1 aliphatic heterocycles. The Morgan fingerprint density at radius 3 is 2.86 bits per heavy atom. The average Bonchev–Trinajstić information content (AvgIpc) is 2.87. The van der Waals surface area contributed by atoms with Gasteiger partial charge in [-0.3, -0.25) is 9.20 Å². The number of imidazole rings is 1. The van der Waals surface area contributed by atoms with Gasteiger partial charge in [-0.25, -0.2) is 4.98 Å². The lowest BCUT2D eigenvalue weighted by Crippen LogP contribution is -2.43. The number of amides is 1. The van der Waals surface area contributed by atoms with E-state index in [0.717, 1.165) is 23.8 Å². The largest absolute Gasteiger partial charge is 0.341 e. The average molecular weight is 303 g/mol. The van der Waals surface area contributed by atoms with Crippen molar-refractivity contribution in [2.75, 3.05) is 18.8 Å². The number of hydrogen-bond donors (Lipinski definition) is 0. The maximum atomic E-state index is 12.4. The molecule has 1 fully saturated rings. The molecular formula is C16H21N3OS. The minimum Gasteiger partial charge on any atom is -0.341 e. The highest BCUT2D eigenvalue weighted by molar-refractivity contribution is 7.99. The molecule has 0 saturated carbocycles. The van der Waals surface area contributed by atoms with Crippen molar-refractivity contribution in [3.05, 3.63) is 30.6 Å². The van der Waals surface area contributed by atoms with Crippen LogP contribution in [0.5, 0.6) is 0 Å². The first kappa shape index (κ1) is 14.4. The topological polar surface area (TPSA) is 37.6 Å². The first-order chi connectivity index (χ1) is 10.1. The van der Waals surface area contributed by atoms with Gasteiger partial charge in [0.2, 0.25) is 5.91 Å². The summed E-state index contributed by atoms with van der Waals surface area (Å²) in [5.74, 6) is 1.91. The number of carbonyl (C=O) groups is 1. The van der Waals surface area contributed by atoms with E-state index in [1.807, 2.05) is 39.9 Å². The van der Waals surface area contributed by atoms with Crippen molar-refractivity contribution >= 4 is 23.2 Å². The summed E-state index contributed by atoms with van der Waals surface area (Å²) in [7, 11) is 0. The summed E-state index contributed by atoms with van der Waals surface area (Å²) < 4.78 is 2.03. The summed E-state index contributed by atoms with van der Waals surface area (Å²) >= 11 is 1.52. The Morgan fingerprint density at radius 2 is 2.10 bits per heavy atom. The van der Waals surface area contributed by atoms with Crippen LogP contribution in [0.15, 0.2) is 35.7 Å². The van der Waals surface area contributed by atoms with Crippen LogP contribution < -0.4 is 0 Å². The minimum atomic E-state index is 0.228. The standard InChI is InChI=1S/C16H21N3OS/c1-12-7-13(2)10-18(9-12)15(20)11-21-16-17-8-14-5-3-4-6-19(14)16/h3-6,8,12-13H,7,9-11H2,1-2H3/t12-,13-/m0/s1. The highest BCUT2D eigenvalue weighted by Gasteiger charge is 2.25. The fourth-order valence-corrected chi connectivity index (χ4v) is 3.98. The Morgan fingerprint density at radius 1 is 1.33 bits per heavy atom. The van der Waals surface area contributed by atoms with Crippen LogP contribution in [0.25, 0.3) is 5.52 Å². The third-order valence-electron chi connectivity index (χ3n) is 3.95. The zero-order valence-electron chi connectivity index (χ0n) is 12.5. The van der Waals surface area contributed by atoms with Gasteiger partial charge in [0.25, 0.3) is 0 Å². The number of carbonyl (C=O) groups excluding carboxylic acids is 1. The number of rotatable bonds is 3. The lowest BCUT2D eigenvalue weighted by Gasteiger charge is -2.34. The molecule has 112 valence electrons. The maximum Gasteiger partial charge on any atom is 0.233 e. The van der Waals surface area contributed by atoms with Crippen LogP contribution in [0.4, 0.5) is 0 Å². The molecule has 0 aliphatic carbocycles. The van der Waals surface area contributed by atoms with Gasteiger partial charge in [0.15, 0.2) is 5.16 Å². The van der Waals surface area contributed by atoms with Crippen LogP contribution in [0.1, 0.15) is 20.3 Å². The molecule has 1 aliphatic rings. The second-order valence-corrected chi connectivity index (χ2v) is 7.01. The molecule has 2 aromatic rings. The summed E-state index contributed by atoms with van der Waals surface area (Å²) in [6.45, 7) is 6.24. The van der Waals surface area contributed by atoms with Crippen molar-refractivity contribution in [3.63, 3.8) is 0 Å². The number of pyridine rings is 1. The van der Waals surface area contributed by atoms with Gasteiger partial charge in [0.1, 0.15) is 0 Å². The second kappa shape index (κ2) is 6.10. The molecule has 4 nitrogen and oxygen atoms in total. The lowest BCUT2D eigenvalue weighted by atomic mass is 9.92. The van der Waals surface area contributed by atoms with Crippen LogP contribution >= 0.6 is 11.8 Å². The van der Waals surface area contributed by atoms with Crippen molar-refractivity contribution in [1.82, 2.24) is 14.3 Å². The monoisotopic (exact) mass is 303 g/mol. The summed E-state index contributed by atoms with van der Waals surface area (Å²) in [6, 6.07) is 5.99. The Balaban J connectivity index is 1.63. The highest BCUT2D eigenvalue weighted by Crippen LogP contribution is 2.23. The molecule has 0 bridgehead atoms. The molecule has 0 spiro atoms. The number of likely N-dealkylation sites (tertiary alicyclic amines) is 1. The molecular weight excluding hydrogens is 282 g/mol. The van der Waals surface area contributed by atoms with Gasteiger partial charge in [-0.2, -0.15) is 0 Å². The quantitative estimate of drug-likeness (QED) is 0.818. The van der Waals surface area contributed by atoms with Gasteiger partial charge in [0, 0.05) is 19.3 Å². The Hall–Kier alpha value is -1.49. The van der Waals surface area contributed by atoms with Crippen molar-refractivity contribution in [2.24, 2.45) is 11.8 Å². The number of piperidine rings is 1. The lowest BCUT2D eigenvalue weighted by molar-refractivity contribution is -0.130. The van der Waals surface area contributed by atoms with Gasteiger partial charge in [-0.15, -0.1) is 0 Å². The molecule has 0 N–H and O–H groups in total. The van der Waals surface area contributed by atoms with Gasteiger partial charge < -0.3 is 4.90 Å². The third kappa shape index (κ3) is 3.23. The Labute approximate surface area is 129 Å². The van der Waals surface area contributed by atoms with E-state index < -0.39 is 0 Å². The number of aromatic nitrogens is 2. The minimum absolute atomic E-state index is 0.228. The predicted molar refractivity (Wildman–Crippen MR) is 85.4 cm³/mol. The molecule has 1 amide bonds. The van der Waals surface area contributed by atoms with Gasteiger partial charge in [-0.05, 0) is 30.4 Å². The summed E-state index contributed by atoms with van der Waals surface area (Å²) in [5, 5.41) is 0.886. The van der Waals surface area contributed by atoms with Gasteiger partial charge in [-0.1, -0.05) is 31.7 Å². The van der Waals surface area contributed by atoms with E-state index in [4.69, 9.17) is 0 Å². The molecule has 0 aromatic carbocycles. The molecule has 2 aromatic heterocycles.